The van der Waals surface area contributed by atoms with Crippen molar-refractivity contribution in [1.82, 2.24) is 5.32 Å². The number of hydrogen-bond donors (Lipinski definition) is 2. The van der Waals surface area contributed by atoms with E-state index < -0.39 is 14.4 Å². The number of benzene rings is 2. The van der Waals surface area contributed by atoms with Gasteiger partial charge >= 0.3 is 0 Å². The van der Waals surface area contributed by atoms with E-state index in [-0.39, 0.29) is 23.0 Å². The summed E-state index contributed by atoms with van der Waals surface area (Å²) in [5.41, 5.74) is 6.57. The summed E-state index contributed by atoms with van der Waals surface area (Å²) >= 11 is 0. The Morgan fingerprint density at radius 2 is 1.57 bits per heavy atom. The predicted octanol–water partition coefficient (Wildman–Crippen LogP) is 3.34. The largest absolute Gasteiger partial charge is 0.394 e. The summed E-state index contributed by atoms with van der Waals surface area (Å²) in [5.74, 6) is -0.0635. The van der Waals surface area contributed by atoms with Crippen molar-refractivity contribution in [1.29, 1.82) is 0 Å². The van der Waals surface area contributed by atoms with Crippen LogP contribution in [0.5, 0.6) is 0 Å². The summed E-state index contributed by atoms with van der Waals surface area (Å²) in [6, 6.07) is 20.8. The van der Waals surface area contributed by atoms with Gasteiger partial charge in [-0.3, -0.25) is 4.79 Å². The first-order valence-corrected chi connectivity index (χ1v) is 13.0. The maximum absolute atomic E-state index is 13.3. The fraction of sp³-hybridized carbons (Fsp3) is 0.480. The van der Waals surface area contributed by atoms with Crippen molar-refractivity contribution >= 4 is 24.6 Å². The fourth-order valence-electron chi connectivity index (χ4n) is 4.21. The summed E-state index contributed by atoms with van der Waals surface area (Å²) in [4.78, 5) is 13.3. The molecule has 0 aromatic heterocycles. The Morgan fingerprint density at radius 3 is 1.97 bits per heavy atom. The molecule has 0 saturated heterocycles. The Hall–Kier alpha value is -1.95. The van der Waals surface area contributed by atoms with Crippen LogP contribution in [0.25, 0.3) is 0 Å². The minimum atomic E-state index is -2.84. The standard InChI is InChI=1S/C25H36N2O2Si/c1-5-12-22(26)23(24(28)27-19-17-18-19)29-30(25(2,3)4,20-13-8-6-9-14-20)21-15-10-7-11-16-21/h6-11,13-16,19,22-23H,5,12,17-18,26H2,1-4H3,(H,27,28)/t22-,23?/m0/s1. The van der Waals surface area contributed by atoms with Crippen molar-refractivity contribution in [2.24, 2.45) is 5.73 Å². The minimum absolute atomic E-state index is 0.0635. The number of amides is 1. The lowest BCUT2D eigenvalue weighted by Crippen LogP contribution is -2.70. The molecule has 1 unspecified atom stereocenters. The third-order valence-electron chi connectivity index (χ3n) is 5.91. The van der Waals surface area contributed by atoms with E-state index in [1.165, 1.54) is 0 Å². The van der Waals surface area contributed by atoms with Gasteiger partial charge in [-0.1, -0.05) is 94.8 Å². The van der Waals surface area contributed by atoms with Gasteiger partial charge in [0.25, 0.3) is 8.32 Å². The molecule has 3 rings (SSSR count). The number of rotatable bonds is 9. The molecule has 1 amide bonds. The summed E-state index contributed by atoms with van der Waals surface area (Å²) < 4.78 is 7.08. The van der Waals surface area contributed by atoms with Crippen LogP contribution in [0.4, 0.5) is 0 Å². The van der Waals surface area contributed by atoms with E-state index in [0.29, 0.717) is 0 Å². The lowest BCUT2D eigenvalue weighted by molar-refractivity contribution is -0.129. The molecule has 5 heteroatoms. The smallest absolute Gasteiger partial charge is 0.262 e. The van der Waals surface area contributed by atoms with Gasteiger partial charge in [0, 0.05) is 12.1 Å². The fourth-order valence-corrected chi connectivity index (χ4v) is 8.89. The second-order valence-corrected chi connectivity index (χ2v) is 13.7. The van der Waals surface area contributed by atoms with E-state index in [9.17, 15) is 4.79 Å². The Kier molecular flexibility index (Phi) is 7.16. The SMILES string of the molecule is CCC[C@H](N)C(O[Si](c1ccccc1)(c1ccccc1)C(C)(C)C)C(=O)NC1CC1. The zero-order valence-electron chi connectivity index (χ0n) is 18.7. The lowest BCUT2D eigenvalue weighted by Gasteiger charge is -2.45. The highest BCUT2D eigenvalue weighted by Crippen LogP contribution is 2.38. The second kappa shape index (κ2) is 9.46. The molecular weight excluding hydrogens is 388 g/mol. The molecule has 30 heavy (non-hydrogen) atoms. The molecule has 1 aliphatic rings. The quantitative estimate of drug-likeness (QED) is 0.607. The maximum Gasteiger partial charge on any atom is 0.262 e. The molecule has 0 spiro atoms. The highest BCUT2D eigenvalue weighted by molar-refractivity contribution is 6.99. The van der Waals surface area contributed by atoms with Crippen molar-refractivity contribution < 1.29 is 9.22 Å². The molecule has 0 heterocycles. The number of nitrogens with one attached hydrogen (secondary N) is 1. The number of carbonyl (C=O) groups excluding carboxylic acids is 1. The maximum atomic E-state index is 13.3. The third kappa shape index (κ3) is 4.85. The first kappa shape index (κ1) is 22.7. The van der Waals surface area contributed by atoms with Gasteiger partial charge in [0.05, 0.1) is 0 Å². The third-order valence-corrected chi connectivity index (χ3v) is 10.9. The molecule has 2 atom stereocenters. The minimum Gasteiger partial charge on any atom is -0.394 e. The Balaban J connectivity index is 2.13. The second-order valence-electron chi connectivity index (χ2n) is 9.44. The molecule has 4 nitrogen and oxygen atoms in total. The monoisotopic (exact) mass is 424 g/mol. The van der Waals surface area contributed by atoms with E-state index in [4.69, 9.17) is 10.2 Å². The van der Waals surface area contributed by atoms with Gasteiger partial charge < -0.3 is 15.5 Å². The van der Waals surface area contributed by atoms with Gasteiger partial charge in [-0.15, -0.1) is 0 Å². The van der Waals surface area contributed by atoms with Crippen molar-refractivity contribution in [2.45, 2.75) is 76.6 Å². The van der Waals surface area contributed by atoms with Crippen LogP contribution in [0.15, 0.2) is 60.7 Å². The van der Waals surface area contributed by atoms with Crippen molar-refractivity contribution in [3.8, 4) is 0 Å². The topological polar surface area (TPSA) is 64.3 Å². The summed E-state index contributed by atoms with van der Waals surface area (Å²) in [6.07, 6.45) is 3.08. The van der Waals surface area contributed by atoms with Crippen LogP contribution in [0.2, 0.25) is 5.04 Å². The molecule has 2 aromatic carbocycles. The molecular formula is C25H36N2O2Si. The van der Waals surface area contributed by atoms with Gasteiger partial charge in [0.2, 0.25) is 5.91 Å². The van der Waals surface area contributed by atoms with E-state index >= 15 is 0 Å². The number of nitrogens with two attached hydrogens (primary N) is 1. The average molecular weight is 425 g/mol. The molecule has 0 bridgehead atoms. The molecule has 1 fully saturated rings. The van der Waals surface area contributed by atoms with Crippen LogP contribution in [0.1, 0.15) is 53.4 Å². The molecule has 162 valence electrons. The molecule has 1 saturated carbocycles. The molecule has 0 aliphatic heterocycles. The van der Waals surface area contributed by atoms with Crippen molar-refractivity contribution in [2.75, 3.05) is 0 Å². The average Bonchev–Trinajstić information content (AvgIpc) is 3.53. The zero-order valence-corrected chi connectivity index (χ0v) is 19.7. The Labute approximate surface area is 182 Å². The summed E-state index contributed by atoms with van der Waals surface area (Å²) in [6.45, 7) is 8.76. The first-order chi connectivity index (χ1) is 14.3. The normalized spacial score (nSPS) is 16.7. The molecule has 0 radical (unpaired) electrons. The van der Waals surface area contributed by atoms with E-state index in [2.05, 4.69) is 81.5 Å². The Morgan fingerprint density at radius 1 is 1.07 bits per heavy atom. The molecule has 1 aliphatic carbocycles. The van der Waals surface area contributed by atoms with E-state index in [1.807, 2.05) is 12.1 Å². The zero-order chi connectivity index (χ0) is 21.8. The van der Waals surface area contributed by atoms with Gasteiger partial charge in [0.15, 0.2) is 0 Å². The van der Waals surface area contributed by atoms with Gasteiger partial charge in [-0.05, 0) is 34.7 Å². The van der Waals surface area contributed by atoms with Crippen molar-refractivity contribution in [3.63, 3.8) is 0 Å². The molecule has 3 N–H and O–H groups in total. The highest BCUT2D eigenvalue weighted by atomic mass is 28.4. The van der Waals surface area contributed by atoms with Gasteiger partial charge in [-0.25, -0.2) is 0 Å². The van der Waals surface area contributed by atoms with Crippen LogP contribution in [-0.2, 0) is 9.22 Å². The van der Waals surface area contributed by atoms with E-state index in [0.717, 1.165) is 36.1 Å². The van der Waals surface area contributed by atoms with Gasteiger partial charge in [0.1, 0.15) is 6.10 Å². The number of hydrogen-bond acceptors (Lipinski definition) is 3. The van der Waals surface area contributed by atoms with E-state index in [1.54, 1.807) is 0 Å². The summed E-state index contributed by atoms with van der Waals surface area (Å²) in [5, 5.41) is 5.28. The lowest BCUT2D eigenvalue weighted by atomic mass is 10.1. The first-order valence-electron chi connectivity index (χ1n) is 11.1. The summed E-state index contributed by atoms with van der Waals surface area (Å²) in [7, 11) is -2.84. The van der Waals surface area contributed by atoms with Crippen LogP contribution in [0, 0.1) is 0 Å². The van der Waals surface area contributed by atoms with Crippen LogP contribution >= 0.6 is 0 Å². The number of carbonyl (C=O) groups is 1. The highest BCUT2D eigenvalue weighted by Gasteiger charge is 2.53. The predicted molar refractivity (Wildman–Crippen MR) is 127 cm³/mol. The van der Waals surface area contributed by atoms with Gasteiger partial charge in [-0.2, -0.15) is 0 Å². The van der Waals surface area contributed by atoms with Crippen LogP contribution in [-0.4, -0.2) is 32.4 Å². The van der Waals surface area contributed by atoms with Crippen LogP contribution in [0.3, 0.4) is 0 Å². The Bertz CT molecular complexity index is 777. The van der Waals surface area contributed by atoms with Crippen molar-refractivity contribution in [3.05, 3.63) is 60.7 Å². The van der Waals surface area contributed by atoms with Crippen LogP contribution < -0.4 is 21.4 Å². The molecule has 2 aromatic rings.